The minimum Gasteiger partial charge on any atom is -0.360 e. The number of benzene rings is 1. The third-order valence-electron chi connectivity index (χ3n) is 3.70. The summed E-state index contributed by atoms with van der Waals surface area (Å²) < 4.78 is 0. The molecule has 0 fully saturated rings. The number of para-hydroxylation sites is 1. The average Bonchev–Trinajstić information content (AvgIpc) is 2.61. The zero-order valence-corrected chi connectivity index (χ0v) is 14.5. The number of aryl methyl sites for hydroxylation is 2. The van der Waals surface area contributed by atoms with Gasteiger partial charge in [0.15, 0.2) is 0 Å². The number of carbonyl (C=O) groups is 1. The van der Waals surface area contributed by atoms with Crippen molar-refractivity contribution in [3.63, 3.8) is 0 Å². The fourth-order valence-electron chi connectivity index (χ4n) is 2.44. The van der Waals surface area contributed by atoms with Gasteiger partial charge in [0, 0.05) is 25.0 Å². The van der Waals surface area contributed by atoms with Gasteiger partial charge in [0.2, 0.25) is 0 Å². The normalized spacial score (nSPS) is 10.6. The summed E-state index contributed by atoms with van der Waals surface area (Å²) in [6.07, 6.45) is 6.50. The van der Waals surface area contributed by atoms with Gasteiger partial charge in [-0.25, -0.2) is 0 Å². The highest BCUT2D eigenvalue weighted by Crippen LogP contribution is 2.23. The van der Waals surface area contributed by atoms with Crippen molar-refractivity contribution in [1.29, 1.82) is 5.26 Å². The number of hydrogen-bond donors (Lipinski definition) is 1. The Morgan fingerprint density at radius 2 is 1.75 bits per heavy atom. The summed E-state index contributed by atoms with van der Waals surface area (Å²) in [4.78, 5) is 14.0. The van der Waals surface area contributed by atoms with Crippen molar-refractivity contribution in [3.8, 4) is 6.07 Å². The van der Waals surface area contributed by atoms with Crippen LogP contribution in [-0.4, -0.2) is 23.9 Å². The van der Waals surface area contributed by atoms with E-state index in [1.165, 1.54) is 11.1 Å². The summed E-state index contributed by atoms with van der Waals surface area (Å²) in [6, 6.07) is 8.10. The molecule has 1 rings (SSSR count). The molecule has 0 aliphatic heterocycles. The lowest BCUT2D eigenvalue weighted by Gasteiger charge is -2.19. The Kier molecular flexibility index (Phi) is 8.07. The zero-order valence-electron chi connectivity index (χ0n) is 14.5. The minimum atomic E-state index is -0.336. The predicted molar refractivity (Wildman–Crippen MR) is 99.5 cm³/mol. The van der Waals surface area contributed by atoms with Crippen LogP contribution < -0.4 is 5.32 Å². The Morgan fingerprint density at radius 1 is 1.21 bits per heavy atom. The van der Waals surface area contributed by atoms with E-state index in [-0.39, 0.29) is 11.5 Å². The number of hydrogen-bond acceptors (Lipinski definition) is 3. The van der Waals surface area contributed by atoms with Crippen LogP contribution in [0.15, 0.2) is 55.3 Å². The van der Waals surface area contributed by atoms with Crippen molar-refractivity contribution < 1.29 is 4.79 Å². The van der Waals surface area contributed by atoms with Gasteiger partial charge in [0.05, 0.1) is 0 Å². The first-order chi connectivity index (χ1) is 11.6. The first kappa shape index (κ1) is 19.2. The number of nitrogens with one attached hydrogen (secondary N) is 1. The van der Waals surface area contributed by atoms with E-state index in [4.69, 9.17) is 0 Å². The van der Waals surface area contributed by atoms with Crippen LogP contribution in [0.5, 0.6) is 0 Å². The van der Waals surface area contributed by atoms with Crippen molar-refractivity contribution >= 4 is 11.6 Å². The van der Waals surface area contributed by atoms with E-state index in [9.17, 15) is 10.1 Å². The number of nitrogens with zero attached hydrogens (tertiary/aromatic N) is 2. The van der Waals surface area contributed by atoms with Crippen LogP contribution >= 0.6 is 0 Å². The number of amides is 1. The Morgan fingerprint density at radius 3 is 2.17 bits per heavy atom. The molecule has 0 radical (unpaired) electrons. The van der Waals surface area contributed by atoms with Crippen molar-refractivity contribution in [2.75, 3.05) is 18.4 Å². The first-order valence-electron chi connectivity index (χ1n) is 8.11. The second kappa shape index (κ2) is 10.1. The molecule has 0 aromatic heterocycles. The summed E-state index contributed by atoms with van der Waals surface area (Å²) in [5.74, 6) is -0.336. The maximum Gasteiger partial charge on any atom is 0.266 e. The Hall–Kier alpha value is -2.80. The molecule has 1 N–H and O–H groups in total. The molecule has 1 aromatic rings. The summed E-state index contributed by atoms with van der Waals surface area (Å²) in [5.41, 5.74) is 3.35. The molecule has 4 heteroatoms. The average molecular weight is 323 g/mol. The number of carbonyl (C=O) groups excluding carboxylic acids is 1. The van der Waals surface area contributed by atoms with Crippen LogP contribution in [0.25, 0.3) is 0 Å². The molecule has 0 heterocycles. The van der Waals surface area contributed by atoms with Crippen LogP contribution in [0.4, 0.5) is 5.69 Å². The lowest BCUT2D eigenvalue weighted by atomic mass is 10.0. The SMILES string of the molecule is C=CCN(CC=C)C(=O)/C(C#N)=C\Nc1c(CC)cccc1CC. The molecule has 24 heavy (non-hydrogen) atoms. The summed E-state index contributed by atoms with van der Waals surface area (Å²) in [5, 5.41) is 12.5. The molecule has 0 aliphatic carbocycles. The number of anilines is 1. The second-order valence-corrected chi connectivity index (χ2v) is 5.26. The van der Waals surface area contributed by atoms with E-state index >= 15 is 0 Å². The van der Waals surface area contributed by atoms with Gasteiger partial charge < -0.3 is 10.2 Å². The minimum absolute atomic E-state index is 0.0617. The second-order valence-electron chi connectivity index (χ2n) is 5.26. The van der Waals surface area contributed by atoms with Gasteiger partial charge in [-0.15, -0.1) is 13.2 Å². The monoisotopic (exact) mass is 323 g/mol. The predicted octanol–water partition coefficient (Wildman–Crippen LogP) is 3.83. The van der Waals surface area contributed by atoms with E-state index < -0.39 is 0 Å². The largest absolute Gasteiger partial charge is 0.360 e. The summed E-state index contributed by atoms with van der Waals surface area (Å²) in [6.45, 7) is 12.2. The maximum atomic E-state index is 12.5. The van der Waals surface area contributed by atoms with Crippen LogP contribution in [0.1, 0.15) is 25.0 Å². The molecule has 0 saturated heterocycles. The van der Waals surface area contributed by atoms with Crippen LogP contribution in [0.3, 0.4) is 0 Å². The van der Waals surface area contributed by atoms with Gasteiger partial charge in [0.25, 0.3) is 5.91 Å². The summed E-state index contributed by atoms with van der Waals surface area (Å²) >= 11 is 0. The molecule has 0 spiro atoms. The smallest absolute Gasteiger partial charge is 0.266 e. The molecule has 1 amide bonds. The Labute approximate surface area is 144 Å². The molecule has 0 bridgehead atoms. The third kappa shape index (κ3) is 4.85. The van der Waals surface area contributed by atoms with E-state index in [1.54, 1.807) is 12.2 Å². The fraction of sp³-hybridized carbons (Fsp3) is 0.300. The molecule has 0 saturated carbocycles. The van der Waals surface area contributed by atoms with Gasteiger partial charge in [-0.05, 0) is 24.0 Å². The lowest BCUT2D eigenvalue weighted by Crippen LogP contribution is -2.32. The van der Waals surface area contributed by atoms with Crippen molar-refractivity contribution in [2.45, 2.75) is 26.7 Å². The van der Waals surface area contributed by atoms with E-state index in [2.05, 4.69) is 32.3 Å². The molecule has 0 unspecified atom stereocenters. The molecule has 0 aliphatic rings. The first-order valence-corrected chi connectivity index (χ1v) is 8.11. The van der Waals surface area contributed by atoms with Gasteiger partial charge in [-0.2, -0.15) is 5.26 Å². The van der Waals surface area contributed by atoms with E-state index in [0.29, 0.717) is 13.1 Å². The molecule has 4 nitrogen and oxygen atoms in total. The Bertz CT molecular complexity index is 636. The van der Waals surface area contributed by atoms with Crippen molar-refractivity contribution in [3.05, 3.63) is 66.4 Å². The zero-order chi connectivity index (χ0) is 17.9. The highest BCUT2D eigenvalue weighted by Gasteiger charge is 2.16. The van der Waals surface area contributed by atoms with Gasteiger partial charge >= 0.3 is 0 Å². The lowest BCUT2D eigenvalue weighted by molar-refractivity contribution is -0.125. The molecule has 0 atom stereocenters. The molecular formula is C20H25N3O. The topological polar surface area (TPSA) is 56.1 Å². The van der Waals surface area contributed by atoms with Crippen molar-refractivity contribution in [2.24, 2.45) is 0 Å². The van der Waals surface area contributed by atoms with Gasteiger partial charge in [-0.3, -0.25) is 4.79 Å². The third-order valence-corrected chi connectivity index (χ3v) is 3.70. The van der Waals surface area contributed by atoms with Crippen LogP contribution in [0, 0.1) is 11.3 Å². The van der Waals surface area contributed by atoms with E-state index in [1.807, 2.05) is 24.3 Å². The molecule has 126 valence electrons. The standard InChI is InChI=1S/C20H25N3O/c1-5-12-23(13-6-2)20(24)18(14-21)15-22-19-16(7-3)10-9-11-17(19)8-4/h5-6,9-11,15,22H,1-2,7-8,12-13H2,3-4H3/b18-15-. The van der Waals surface area contributed by atoms with Gasteiger partial charge in [-0.1, -0.05) is 44.2 Å². The van der Waals surface area contributed by atoms with Crippen molar-refractivity contribution in [1.82, 2.24) is 4.90 Å². The number of rotatable bonds is 9. The highest BCUT2D eigenvalue weighted by molar-refractivity contribution is 5.97. The number of nitriles is 1. The molecule has 1 aromatic carbocycles. The quantitative estimate of drug-likeness (QED) is 0.427. The van der Waals surface area contributed by atoms with Crippen LogP contribution in [-0.2, 0) is 17.6 Å². The van der Waals surface area contributed by atoms with Crippen LogP contribution in [0.2, 0.25) is 0 Å². The highest BCUT2D eigenvalue weighted by atomic mass is 16.2. The summed E-state index contributed by atoms with van der Waals surface area (Å²) in [7, 11) is 0. The Balaban J connectivity index is 3.10. The fourth-order valence-corrected chi connectivity index (χ4v) is 2.44. The van der Waals surface area contributed by atoms with Gasteiger partial charge in [0.1, 0.15) is 11.6 Å². The maximum absolute atomic E-state index is 12.5. The molecular weight excluding hydrogens is 298 g/mol. The van der Waals surface area contributed by atoms with E-state index in [0.717, 1.165) is 29.7 Å².